The second-order valence-electron chi connectivity index (χ2n) is 2.94. The lowest BCUT2D eigenvalue weighted by molar-refractivity contribution is 0.577. The molecule has 0 spiro atoms. The fourth-order valence-electron chi connectivity index (χ4n) is 0.877. The molecule has 15 heavy (non-hydrogen) atoms. The minimum Gasteiger partial charge on any atom is -0.250 e. The molecule has 1 N–H and O–H groups in total. The molecule has 1 unspecified atom stereocenters. The maximum Gasteiger partial charge on any atom is 0.227 e. The van der Waals surface area contributed by atoms with Crippen LogP contribution in [0.3, 0.4) is 0 Å². The highest BCUT2D eigenvalue weighted by Crippen LogP contribution is 2.02. The molecule has 0 bridgehead atoms. The molecule has 1 heterocycles. The summed E-state index contributed by atoms with van der Waals surface area (Å²) in [5, 5.41) is 9.32. The highest BCUT2D eigenvalue weighted by Gasteiger charge is 2.18. The third kappa shape index (κ3) is 3.58. The molecular formula is C8H11N3O2S2. The standard InChI is InChI=1S/C8H11N3O2S2/c1-7(4-9)15(12,13)11-3-2-8-5-14-6-10-8/h5-7,11H,2-3H2,1H3. The summed E-state index contributed by atoms with van der Waals surface area (Å²) in [6, 6.07) is 1.68. The zero-order chi connectivity index (χ0) is 11.3. The van der Waals surface area contributed by atoms with E-state index >= 15 is 0 Å². The zero-order valence-corrected chi connectivity index (χ0v) is 9.81. The number of hydrogen-bond donors (Lipinski definition) is 1. The summed E-state index contributed by atoms with van der Waals surface area (Å²) < 4.78 is 25.0. The van der Waals surface area contributed by atoms with Crippen LogP contribution in [0.4, 0.5) is 0 Å². The molecule has 1 aromatic heterocycles. The topological polar surface area (TPSA) is 82.8 Å². The van der Waals surface area contributed by atoms with Crippen molar-refractivity contribution in [3.05, 3.63) is 16.6 Å². The van der Waals surface area contributed by atoms with Crippen molar-refractivity contribution < 1.29 is 8.42 Å². The van der Waals surface area contributed by atoms with Crippen LogP contribution in [0, 0.1) is 11.3 Å². The first kappa shape index (κ1) is 12.1. The van der Waals surface area contributed by atoms with Gasteiger partial charge in [0.2, 0.25) is 10.0 Å². The Morgan fingerprint density at radius 2 is 2.47 bits per heavy atom. The molecule has 0 saturated heterocycles. The van der Waals surface area contributed by atoms with E-state index in [0.29, 0.717) is 6.42 Å². The molecule has 7 heteroatoms. The van der Waals surface area contributed by atoms with Gasteiger partial charge in [0.15, 0.2) is 5.25 Å². The van der Waals surface area contributed by atoms with Gasteiger partial charge in [-0.3, -0.25) is 0 Å². The second kappa shape index (κ2) is 5.21. The van der Waals surface area contributed by atoms with E-state index in [1.54, 1.807) is 11.6 Å². The molecule has 0 aromatic carbocycles. The fraction of sp³-hybridized carbons (Fsp3) is 0.500. The Morgan fingerprint density at radius 3 is 3.00 bits per heavy atom. The van der Waals surface area contributed by atoms with E-state index in [-0.39, 0.29) is 6.54 Å². The first-order valence-corrected chi connectivity index (χ1v) is 6.80. The Kier molecular flexibility index (Phi) is 4.20. The number of nitrogens with zero attached hydrogens (tertiary/aromatic N) is 2. The normalized spacial score (nSPS) is 13.3. The van der Waals surface area contributed by atoms with Gasteiger partial charge in [0.1, 0.15) is 0 Å². The molecule has 5 nitrogen and oxygen atoms in total. The summed E-state index contributed by atoms with van der Waals surface area (Å²) in [6.45, 7) is 1.63. The summed E-state index contributed by atoms with van der Waals surface area (Å²) in [7, 11) is -3.50. The van der Waals surface area contributed by atoms with E-state index in [0.717, 1.165) is 5.69 Å². The van der Waals surface area contributed by atoms with Gasteiger partial charge in [-0.25, -0.2) is 18.1 Å². The number of rotatable bonds is 5. The quantitative estimate of drug-likeness (QED) is 0.819. The number of sulfonamides is 1. The highest BCUT2D eigenvalue weighted by atomic mass is 32.2. The summed E-state index contributed by atoms with van der Waals surface area (Å²) in [5.74, 6) is 0. The molecule has 0 saturated carbocycles. The highest BCUT2D eigenvalue weighted by molar-refractivity contribution is 7.90. The van der Waals surface area contributed by atoms with Gasteiger partial charge in [0, 0.05) is 18.3 Å². The van der Waals surface area contributed by atoms with Gasteiger partial charge >= 0.3 is 0 Å². The van der Waals surface area contributed by atoms with Crippen LogP contribution in [-0.2, 0) is 16.4 Å². The van der Waals surface area contributed by atoms with Crippen LogP contribution < -0.4 is 4.72 Å². The smallest absolute Gasteiger partial charge is 0.227 e. The summed E-state index contributed by atoms with van der Waals surface area (Å²) in [5.41, 5.74) is 2.55. The van der Waals surface area contributed by atoms with E-state index in [2.05, 4.69) is 9.71 Å². The molecule has 1 aromatic rings. The first-order valence-electron chi connectivity index (χ1n) is 4.31. The largest absolute Gasteiger partial charge is 0.250 e. The Morgan fingerprint density at radius 1 is 1.73 bits per heavy atom. The predicted molar refractivity (Wildman–Crippen MR) is 57.8 cm³/mol. The van der Waals surface area contributed by atoms with E-state index < -0.39 is 15.3 Å². The fourth-order valence-corrected chi connectivity index (χ4v) is 2.24. The molecular weight excluding hydrogens is 234 g/mol. The predicted octanol–water partition coefficient (Wildman–Crippen LogP) is 0.517. The van der Waals surface area contributed by atoms with Crippen LogP contribution in [0.2, 0.25) is 0 Å². The summed E-state index contributed by atoms with van der Waals surface area (Å²) in [4.78, 5) is 4.02. The van der Waals surface area contributed by atoms with Crippen LogP contribution in [0.25, 0.3) is 0 Å². The minimum absolute atomic E-state index is 0.276. The number of nitriles is 1. The number of hydrogen-bond acceptors (Lipinski definition) is 5. The van der Waals surface area contributed by atoms with Crippen molar-refractivity contribution in [1.82, 2.24) is 9.71 Å². The Balaban J connectivity index is 2.42. The van der Waals surface area contributed by atoms with E-state index in [1.807, 2.05) is 5.38 Å². The van der Waals surface area contributed by atoms with Gasteiger partial charge in [0.05, 0.1) is 17.3 Å². The van der Waals surface area contributed by atoms with Crippen LogP contribution in [-0.4, -0.2) is 25.2 Å². The molecule has 0 amide bonds. The van der Waals surface area contributed by atoms with Crippen molar-refractivity contribution in [2.75, 3.05) is 6.54 Å². The number of aromatic nitrogens is 1. The van der Waals surface area contributed by atoms with Crippen LogP contribution in [0.5, 0.6) is 0 Å². The minimum atomic E-state index is -3.50. The summed E-state index contributed by atoms with van der Waals surface area (Å²) >= 11 is 1.47. The van der Waals surface area contributed by atoms with Crippen molar-refractivity contribution >= 4 is 21.4 Å². The van der Waals surface area contributed by atoms with Crippen molar-refractivity contribution in [2.45, 2.75) is 18.6 Å². The van der Waals surface area contributed by atoms with Crippen LogP contribution >= 0.6 is 11.3 Å². The van der Waals surface area contributed by atoms with Gasteiger partial charge < -0.3 is 0 Å². The van der Waals surface area contributed by atoms with Crippen molar-refractivity contribution in [2.24, 2.45) is 0 Å². The van der Waals surface area contributed by atoms with Gasteiger partial charge in [-0.2, -0.15) is 5.26 Å². The monoisotopic (exact) mass is 245 g/mol. The van der Waals surface area contributed by atoms with E-state index in [9.17, 15) is 8.42 Å². The zero-order valence-electron chi connectivity index (χ0n) is 8.17. The third-order valence-electron chi connectivity index (χ3n) is 1.82. The molecule has 82 valence electrons. The molecule has 1 rings (SSSR count). The number of thiazole rings is 1. The third-order valence-corrected chi connectivity index (χ3v) is 4.09. The molecule has 1 atom stereocenters. The molecule has 0 fully saturated rings. The van der Waals surface area contributed by atoms with Crippen LogP contribution in [0.1, 0.15) is 12.6 Å². The van der Waals surface area contributed by atoms with Crippen molar-refractivity contribution in [1.29, 1.82) is 5.26 Å². The van der Waals surface area contributed by atoms with Crippen molar-refractivity contribution in [3.63, 3.8) is 0 Å². The first-order chi connectivity index (χ1) is 7.06. The summed E-state index contributed by atoms with van der Waals surface area (Å²) in [6.07, 6.45) is 0.543. The SMILES string of the molecule is CC(C#N)S(=O)(=O)NCCc1cscn1. The van der Waals surface area contributed by atoms with Crippen molar-refractivity contribution in [3.8, 4) is 6.07 Å². The van der Waals surface area contributed by atoms with Gasteiger partial charge in [-0.15, -0.1) is 11.3 Å². The van der Waals surface area contributed by atoms with Gasteiger partial charge in [-0.05, 0) is 6.92 Å². The van der Waals surface area contributed by atoms with Crippen LogP contribution in [0.15, 0.2) is 10.9 Å². The van der Waals surface area contributed by atoms with E-state index in [4.69, 9.17) is 5.26 Å². The molecule has 0 aliphatic rings. The Labute approximate surface area is 92.8 Å². The molecule has 0 aliphatic carbocycles. The molecule has 0 radical (unpaired) electrons. The number of nitrogens with one attached hydrogen (secondary N) is 1. The van der Waals surface area contributed by atoms with Gasteiger partial charge in [-0.1, -0.05) is 0 Å². The lowest BCUT2D eigenvalue weighted by Crippen LogP contribution is -2.33. The van der Waals surface area contributed by atoms with Gasteiger partial charge in [0.25, 0.3) is 0 Å². The van der Waals surface area contributed by atoms with E-state index in [1.165, 1.54) is 18.3 Å². The average molecular weight is 245 g/mol. The average Bonchev–Trinajstić information content (AvgIpc) is 2.69. The second-order valence-corrected chi connectivity index (χ2v) is 5.74. The Hall–Kier alpha value is -0.970. The lowest BCUT2D eigenvalue weighted by atomic mass is 10.3. The maximum atomic E-state index is 11.3. The maximum absolute atomic E-state index is 11.3. The molecule has 0 aliphatic heterocycles. The Bertz CT molecular complexity index is 433. The lowest BCUT2D eigenvalue weighted by Gasteiger charge is -2.06.